The molecule has 0 unspecified atom stereocenters. The average Bonchev–Trinajstić information content (AvgIpc) is 4.03. The van der Waals surface area contributed by atoms with Crippen molar-refractivity contribution in [3.8, 4) is 0 Å². The molecule has 57 heavy (non-hydrogen) atoms. The van der Waals surface area contributed by atoms with Gasteiger partial charge in [-0.25, -0.2) is 51.0 Å². The topological polar surface area (TPSA) is 314 Å². The van der Waals surface area contributed by atoms with E-state index in [2.05, 4.69) is 54.6 Å². The van der Waals surface area contributed by atoms with E-state index in [1.54, 1.807) is 6.20 Å². The molecule has 2 aliphatic rings. The van der Waals surface area contributed by atoms with E-state index in [0.29, 0.717) is 56.1 Å². The summed E-state index contributed by atoms with van der Waals surface area (Å²) in [6.07, 6.45) is 8.15. The number of sulfonamides is 2. The van der Waals surface area contributed by atoms with E-state index >= 15 is 0 Å². The largest absolute Gasteiger partial charge is 0.476 e. The molecule has 6 aromatic rings. The maximum absolute atomic E-state index is 12.6. The van der Waals surface area contributed by atoms with Crippen LogP contribution in [0.4, 0.5) is 11.6 Å². The highest BCUT2D eigenvalue weighted by Gasteiger charge is 2.30. The lowest BCUT2D eigenvalue weighted by molar-refractivity contribution is 0.0684. The number of Topliss-reactive ketones (excluding diaryl/α,β-unsaturated/α-hetero) is 1. The lowest BCUT2D eigenvalue weighted by atomic mass is 10.0. The number of H-pyrrole nitrogens is 2. The predicted molar refractivity (Wildman–Crippen MR) is 206 cm³/mol. The minimum Gasteiger partial charge on any atom is -0.476 e. The van der Waals surface area contributed by atoms with Gasteiger partial charge in [-0.3, -0.25) is 4.79 Å². The van der Waals surface area contributed by atoms with Crippen LogP contribution in [0, 0.1) is 0 Å². The number of nitrogens with zero attached hydrogens (tertiary/aromatic N) is 8. The lowest BCUT2D eigenvalue weighted by Gasteiger charge is -2.27. The molecule has 6 aromatic heterocycles. The Hall–Kier alpha value is -5.82. The molecule has 0 aromatic carbocycles. The minimum absolute atomic E-state index is 0.00347. The van der Waals surface area contributed by atoms with E-state index in [4.69, 9.17) is 19.9 Å². The number of carbonyl (C=O) groups excluding carboxylic acids is 1. The molecular formula is C33H41N13O9S2. The summed E-state index contributed by atoms with van der Waals surface area (Å²) in [5.74, 6) is 1.52. The number of aromatic nitrogens is 8. The molecule has 24 heteroatoms. The van der Waals surface area contributed by atoms with Gasteiger partial charge in [0.1, 0.15) is 47.1 Å². The number of anilines is 2. The third kappa shape index (κ3) is 9.42. The number of rotatable bonds is 12. The molecule has 0 saturated carbocycles. The van der Waals surface area contributed by atoms with Crippen LogP contribution < -0.4 is 25.0 Å². The number of carboxylic acid groups (broad SMARTS) is 1. The molecule has 0 amide bonds. The number of fused-ring (bicyclic) bond motifs is 4. The third-order valence-corrected chi connectivity index (χ3v) is 12.1. The molecule has 22 nitrogen and oxygen atoms in total. The van der Waals surface area contributed by atoms with E-state index in [1.165, 1.54) is 26.7 Å². The summed E-state index contributed by atoms with van der Waals surface area (Å²) in [6.45, 7) is 2.42. The van der Waals surface area contributed by atoms with Crippen LogP contribution in [0.15, 0.2) is 46.2 Å². The highest BCUT2D eigenvalue weighted by molar-refractivity contribution is 7.89. The van der Waals surface area contributed by atoms with Gasteiger partial charge in [-0.1, -0.05) is 10.3 Å². The molecular weight excluding hydrogens is 787 g/mol. The number of aromatic carboxylic acids is 1. The summed E-state index contributed by atoms with van der Waals surface area (Å²) >= 11 is 0. The highest BCUT2D eigenvalue weighted by atomic mass is 32.2. The molecule has 0 radical (unpaired) electrons. The van der Waals surface area contributed by atoms with Crippen LogP contribution in [0.25, 0.3) is 22.1 Å². The first-order chi connectivity index (χ1) is 27.3. The Bertz CT molecular complexity index is 2580. The van der Waals surface area contributed by atoms with Gasteiger partial charge in [0.15, 0.2) is 17.2 Å². The second-order valence-corrected chi connectivity index (χ2v) is 16.8. The van der Waals surface area contributed by atoms with Crippen LogP contribution in [0.2, 0.25) is 0 Å². The maximum atomic E-state index is 12.6. The van der Waals surface area contributed by atoms with Gasteiger partial charge in [0.25, 0.3) is 0 Å². The van der Waals surface area contributed by atoms with Gasteiger partial charge in [0.2, 0.25) is 20.0 Å². The van der Waals surface area contributed by atoms with Gasteiger partial charge in [-0.15, -0.1) is 0 Å². The van der Waals surface area contributed by atoms with Crippen molar-refractivity contribution >= 4 is 65.5 Å². The van der Waals surface area contributed by atoms with Crippen molar-refractivity contribution in [3.63, 3.8) is 0 Å². The Morgan fingerprint density at radius 3 is 1.75 bits per heavy atom. The van der Waals surface area contributed by atoms with Crippen LogP contribution in [0.3, 0.4) is 0 Å². The second-order valence-electron chi connectivity index (χ2n) is 12.7. The number of hydrogen-bond donors (Lipinski definition) is 6. The first-order valence-corrected chi connectivity index (χ1v) is 20.9. The number of hydrogen-bond acceptors (Lipinski definition) is 17. The quantitative estimate of drug-likeness (QED) is 0.0926. The number of carboxylic acids is 1. The van der Waals surface area contributed by atoms with E-state index in [0.717, 1.165) is 39.3 Å². The van der Waals surface area contributed by atoms with Crippen molar-refractivity contribution in [2.75, 3.05) is 55.0 Å². The monoisotopic (exact) mass is 827 g/mol. The molecule has 0 fully saturated rings. The number of aromatic amines is 2. The summed E-state index contributed by atoms with van der Waals surface area (Å²) in [7, 11) is -3.66. The lowest BCUT2D eigenvalue weighted by Crippen LogP contribution is -2.31. The van der Waals surface area contributed by atoms with Gasteiger partial charge in [0, 0.05) is 62.4 Å². The molecule has 8 heterocycles. The molecule has 0 atom stereocenters. The molecule has 7 N–H and O–H groups in total. The SMILES string of the molecule is CNS(=O)(=O)CCCC(=O)c1noc2c1CN(c1ncnc3[nH]ccc13)CC2.CNS(=O)(=O)CCN.O=C(O)c1noc2c1CN(c1ncnc3[nH]ccc13)CC2. The summed E-state index contributed by atoms with van der Waals surface area (Å²) < 4.78 is 58.7. The summed E-state index contributed by atoms with van der Waals surface area (Å²) in [4.78, 5) is 51.0. The zero-order valence-corrected chi connectivity index (χ0v) is 32.6. The van der Waals surface area contributed by atoms with E-state index in [1.807, 2.05) is 23.2 Å². The number of nitrogens with two attached hydrogens (primary N) is 1. The van der Waals surface area contributed by atoms with Crippen molar-refractivity contribution in [1.82, 2.24) is 49.7 Å². The van der Waals surface area contributed by atoms with Gasteiger partial charge in [0.05, 0.1) is 35.4 Å². The molecule has 0 saturated heterocycles. The van der Waals surface area contributed by atoms with Crippen LogP contribution in [0.1, 0.15) is 56.5 Å². The van der Waals surface area contributed by atoms with E-state index in [-0.39, 0.29) is 48.1 Å². The molecule has 0 aliphatic carbocycles. The second kappa shape index (κ2) is 17.5. The van der Waals surface area contributed by atoms with Gasteiger partial charge in [-0.2, -0.15) is 0 Å². The average molecular weight is 828 g/mol. The minimum atomic E-state index is -3.33. The van der Waals surface area contributed by atoms with E-state index < -0.39 is 26.0 Å². The highest BCUT2D eigenvalue weighted by Crippen LogP contribution is 2.31. The van der Waals surface area contributed by atoms with Crippen molar-refractivity contribution in [2.24, 2.45) is 5.73 Å². The summed E-state index contributed by atoms with van der Waals surface area (Å²) in [5, 5.41) is 18.6. The number of ketones is 1. The Morgan fingerprint density at radius 2 is 1.28 bits per heavy atom. The van der Waals surface area contributed by atoms with Crippen LogP contribution in [-0.2, 0) is 46.0 Å². The van der Waals surface area contributed by atoms with Crippen LogP contribution in [0.5, 0.6) is 0 Å². The Morgan fingerprint density at radius 1 is 0.789 bits per heavy atom. The zero-order valence-electron chi connectivity index (χ0n) is 30.9. The van der Waals surface area contributed by atoms with Crippen molar-refractivity contribution < 1.29 is 40.6 Å². The van der Waals surface area contributed by atoms with Crippen LogP contribution >= 0.6 is 0 Å². The Labute approximate surface area is 325 Å². The summed E-state index contributed by atoms with van der Waals surface area (Å²) in [5.41, 5.74) is 8.11. The zero-order chi connectivity index (χ0) is 40.7. The molecule has 0 bridgehead atoms. The van der Waals surface area contributed by atoms with Crippen molar-refractivity contribution in [3.05, 3.63) is 71.2 Å². The fourth-order valence-electron chi connectivity index (χ4n) is 6.29. The first kappa shape index (κ1) is 40.8. The predicted octanol–water partition coefficient (Wildman–Crippen LogP) is 0.722. The third-order valence-electron chi connectivity index (χ3n) is 9.21. The van der Waals surface area contributed by atoms with Gasteiger partial charge >= 0.3 is 5.97 Å². The molecule has 2 aliphatic heterocycles. The summed E-state index contributed by atoms with van der Waals surface area (Å²) in [6, 6.07) is 3.83. The van der Waals surface area contributed by atoms with Crippen molar-refractivity contribution in [2.45, 2.75) is 38.8 Å². The Kier molecular flexibility index (Phi) is 12.6. The van der Waals surface area contributed by atoms with E-state index in [9.17, 15) is 26.4 Å². The van der Waals surface area contributed by atoms with Gasteiger partial charge in [-0.05, 0) is 32.6 Å². The van der Waals surface area contributed by atoms with Crippen LogP contribution in [-0.4, -0.2) is 119 Å². The van der Waals surface area contributed by atoms with Crippen molar-refractivity contribution in [1.29, 1.82) is 0 Å². The smallest absolute Gasteiger partial charge is 0.358 e. The molecule has 8 rings (SSSR count). The molecule has 304 valence electrons. The number of nitrogens with one attached hydrogen (secondary N) is 4. The molecule has 0 spiro atoms. The number of carbonyl (C=O) groups is 2. The normalized spacial score (nSPS) is 14.0. The maximum Gasteiger partial charge on any atom is 0.358 e. The fourth-order valence-corrected chi connectivity index (χ4v) is 7.53. The standard InChI is InChI=1S/C17H20N6O4S.C13H11N5O3.C3H10N2O2S/c1-18-28(25,26)8-2-3-13(24)15-12-9-23(7-5-14(12)27-22-15)17-11-4-6-19-16(11)20-10-21-17;19-13(20)10-8-5-18(4-2-9(8)21-17-10)12-7-1-3-14-11(7)15-6-16-12;1-5-8(6,7)3-2-4/h4,6,10,18H,2-3,5,7-9H2,1H3,(H,19,20,21);1,3,6H,2,4-5H2,(H,19,20)(H,14,15,16);5H,2-4H2,1H3. The Balaban J connectivity index is 0.000000166. The van der Waals surface area contributed by atoms with Gasteiger partial charge < -0.3 is 39.7 Å². The fraction of sp³-hybridized carbons (Fsp3) is 0.394. The first-order valence-electron chi connectivity index (χ1n) is 17.6.